The van der Waals surface area contributed by atoms with Crippen LogP contribution in [0.2, 0.25) is 5.02 Å². The lowest BCUT2D eigenvalue weighted by atomic mass is 10.0. The number of fused-ring (bicyclic) bond motifs is 1. The molecule has 0 saturated carbocycles. The summed E-state index contributed by atoms with van der Waals surface area (Å²) in [4.78, 5) is 29.8. The number of halogens is 1. The van der Waals surface area contributed by atoms with E-state index in [1.165, 1.54) is 6.20 Å². The third kappa shape index (κ3) is 3.84. The Hall–Kier alpha value is -3.44. The molecule has 30 heavy (non-hydrogen) atoms. The first-order valence-electron chi connectivity index (χ1n) is 9.53. The van der Waals surface area contributed by atoms with E-state index in [0.717, 1.165) is 27.7 Å². The molecule has 2 aromatic heterocycles. The molecule has 0 spiro atoms. The Morgan fingerprint density at radius 2 is 1.83 bits per heavy atom. The van der Waals surface area contributed by atoms with Gasteiger partial charge < -0.3 is 9.88 Å². The van der Waals surface area contributed by atoms with Crippen molar-refractivity contribution in [1.29, 1.82) is 0 Å². The van der Waals surface area contributed by atoms with Gasteiger partial charge in [-0.15, -0.1) is 0 Å². The lowest BCUT2D eigenvalue weighted by Gasteiger charge is -2.09. The smallest absolute Gasteiger partial charge is 0.296 e. The normalized spacial score (nSPS) is 10.9. The van der Waals surface area contributed by atoms with Crippen LogP contribution in [-0.4, -0.2) is 21.2 Å². The molecular formula is C24H20ClN3O2. The number of benzene rings is 2. The van der Waals surface area contributed by atoms with Crippen molar-refractivity contribution in [2.45, 2.75) is 20.4 Å². The number of nitrogens with zero attached hydrogens (tertiary/aromatic N) is 2. The molecular weight excluding hydrogens is 398 g/mol. The molecule has 2 heterocycles. The minimum Gasteiger partial charge on any atom is -0.340 e. The van der Waals surface area contributed by atoms with Crippen LogP contribution in [0.4, 0.5) is 5.69 Å². The highest BCUT2D eigenvalue weighted by molar-refractivity contribution is 6.48. The van der Waals surface area contributed by atoms with Crippen molar-refractivity contribution in [2.24, 2.45) is 0 Å². The fourth-order valence-electron chi connectivity index (χ4n) is 3.60. The number of Topliss-reactive ketones (excluding diaryl/α,β-unsaturated/α-hetero) is 1. The van der Waals surface area contributed by atoms with Crippen LogP contribution in [0.3, 0.4) is 0 Å². The molecule has 6 heteroatoms. The maximum atomic E-state index is 13.1. The summed E-state index contributed by atoms with van der Waals surface area (Å²) in [5.41, 5.74) is 4.63. The van der Waals surface area contributed by atoms with E-state index in [0.29, 0.717) is 22.8 Å². The Kier molecular flexibility index (Phi) is 5.38. The van der Waals surface area contributed by atoms with Gasteiger partial charge in [-0.2, -0.15) is 0 Å². The molecule has 0 unspecified atom stereocenters. The minimum atomic E-state index is -0.682. The number of carbonyl (C=O) groups excluding carboxylic acids is 2. The lowest BCUT2D eigenvalue weighted by molar-refractivity contribution is -0.112. The summed E-state index contributed by atoms with van der Waals surface area (Å²) in [5.74, 6) is -1.25. The fraction of sp³-hybridized carbons (Fsp3) is 0.125. The molecule has 0 radical (unpaired) electrons. The van der Waals surface area contributed by atoms with Crippen molar-refractivity contribution in [3.63, 3.8) is 0 Å². The van der Waals surface area contributed by atoms with Crippen LogP contribution in [0, 0.1) is 13.8 Å². The molecule has 0 aliphatic carbocycles. The predicted molar refractivity (Wildman–Crippen MR) is 119 cm³/mol. The Labute approximate surface area is 179 Å². The van der Waals surface area contributed by atoms with Gasteiger partial charge >= 0.3 is 0 Å². The van der Waals surface area contributed by atoms with Crippen LogP contribution in [0.1, 0.15) is 27.2 Å². The number of aryl methyl sites for hydroxylation is 1. The summed E-state index contributed by atoms with van der Waals surface area (Å²) in [7, 11) is 0. The van der Waals surface area contributed by atoms with Gasteiger partial charge in [0.05, 0.1) is 17.4 Å². The topological polar surface area (TPSA) is 64.0 Å². The molecule has 0 aliphatic rings. The van der Waals surface area contributed by atoms with Crippen molar-refractivity contribution in [3.05, 3.63) is 94.4 Å². The van der Waals surface area contributed by atoms with E-state index < -0.39 is 11.7 Å². The van der Waals surface area contributed by atoms with E-state index in [4.69, 9.17) is 11.6 Å². The highest BCUT2D eigenvalue weighted by Gasteiger charge is 2.25. The SMILES string of the molecule is Cc1ccc2c(c1)c(C(=O)C(=O)Nc1cccnc1)c(C)n2Cc1ccc(Cl)cc1. The summed E-state index contributed by atoms with van der Waals surface area (Å²) in [5, 5.41) is 4.08. The molecule has 5 nitrogen and oxygen atoms in total. The van der Waals surface area contributed by atoms with E-state index in [1.807, 2.05) is 56.3 Å². The van der Waals surface area contributed by atoms with E-state index in [2.05, 4.69) is 14.9 Å². The van der Waals surface area contributed by atoms with Crippen LogP contribution < -0.4 is 5.32 Å². The largest absolute Gasteiger partial charge is 0.340 e. The van der Waals surface area contributed by atoms with Crippen LogP contribution in [0.15, 0.2) is 67.0 Å². The van der Waals surface area contributed by atoms with Crippen LogP contribution in [0.5, 0.6) is 0 Å². The summed E-state index contributed by atoms with van der Waals surface area (Å²) >= 11 is 6.01. The maximum absolute atomic E-state index is 13.1. The first-order chi connectivity index (χ1) is 14.4. The van der Waals surface area contributed by atoms with Gasteiger partial charge in [0, 0.05) is 34.4 Å². The number of pyridine rings is 1. The van der Waals surface area contributed by atoms with E-state index in [-0.39, 0.29) is 0 Å². The number of rotatable bonds is 5. The number of anilines is 1. The quantitative estimate of drug-likeness (QED) is 0.359. The molecule has 0 bridgehead atoms. The summed E-state index contributed by atoms with van der Waals surface area (Å²) in [6.45, 7) is 4.41. The number of hydrogen-bond acceptors (Lipinski definition) is 3. The number of nitrogens with one attached hydrogen (secondary N) is 1. The molecule has 0 fully saturated rings. The summed E-state index contributed by atoms with van der Waals surface area (Å²) < 4.78 is 2.06. The maximum Gasteiger partial charge on any atom is 0.296 e. The molecule has 0 saturated heterocycles. The molecule has 0 atom stereocenters. The van der Waals surface area contributed by atoms with Gasteiger partial charge in [0.2, 0.25) is 0 Å². The van der Waals surface area contributed by atoms with Gasteiger partial charge in [-0.3, -0.25) is 14.6 Å². The van der Waals surface area contributed by atoms with E-state index in [1.54, 1.807) is 18.3 Å². The fourth-order valence-corrected chi connectivity index (χ4v) is 3.72. The molecule has 1 amide bonds. The highest BCUT2D eigenvalue weighted by Crippen LogP contribution is 2.29. The van der Waals surface area contributed by atoms with Gasteiger partial charge in [0.25, 0.3) is 11.7 Å². The first-order valence-corrected chi connectivity index (χ1v) is 9.91. The summed E-state index contributed by atoms with van der Waals surface area (Å²) in [6.07, 6.45) is 3.11. The van der Waals surface area contributed by atoms with Gasteiger partial charge in [-0.1, -0.05) is 35.4 Å². The summed E-state index contributed by atoms with van der Waals surface area (Å²) in [6, 6.07) is 16.9. The standard InChI is InChI=1S/C24H20ClN3O2/c1-15-5-10-21-20(12-15)22(23(29)24(30)27-19-4-3-11-26-13-19)16(2)28(21)14-17-6-8-18(25)9-7-17/h3-13H,14H2,1-2H3,(H,27,30). The molecule has 4 aromatic rings. The van der Waals surface area contributed by atoms with Crippen molar-refractivity contribution in [2.75, 3.05) is 5.32 Å². The van der Waals surface area contributed by atoms with E-state index in [9.17, 15) is 9.59 Å². The Balaban J connectivity index is 1.76. The predicted octanol–water partition coefficient (Wildman–Crippen LogP) is 5.18. The number of ketones is 1. The zero-order valence-electron chi connectivity index (χ0n) is 16.6. The Bertz CT molecular complexity index is 1250. The minimum absolute atomic E-state index is 0.420. The molecule has 2 aromatic carbocycles. The monoisotopic (exact) mass is 417 g/mol. The molecule has 0 aliphatic heterocycles. The number of amides is 1. The number of aromatic nitrogens is 2. The van der Waals surface area contributed by atoms with Crippen molar-refractivity contribution in [1.82, 2.24) is 9.55 Å². The van der Waals surface area contributed by atoms with Gasteiger partial charge in [-0.05, 0) is 55.8 Å². The van der Waals surface area contributed by atoms with Gasteiger partial charge in [0.15, 0.2) is 0 Å². The Morgan fingerprint density at radius 3 is 2.53 bits per heavy atom. The van der Waals surface area contributed by atoms with Crippen LogP contribution in [-0.2, 0) is 11.3 Å². The lowest BCUT2D eigenvalue weighted by Crippen LogP contribution is -2.23. The number of hydrogen-bond donors (Lipinski definition) is 1. The van der Waals surface area contributed by atoms with E-state index >= 15 is 0 Å². The molecule has 4 rings (SSSR count). The van der Waals surface area contributed by atoms with Crippen molar-refractivity contribution < 1.29 is 9.59 Å². The van der Waals surface area contributed by atoms with Crippen molar-refractivity contribution >= 4 is 39.9 Å². The molecule has 1 N–H and O–H groups in total. The van der Waals surface area contributed by atoms with Crippen LogP contribution in [0.25, 0.3) is 10.9 Å². The van der Waals surface area contributed by atoms with Gasteiger partial charge in [-0.25, -0.2) is 0 Å². The van der Waals surface area contributed by atoms with Crippen LogP contribution >= 0.6 is 11.6 Å². The second-order valence-electron chi connectivity index (χ2n) is 7.22. The van der Waals surface area contributed by atoms with Crippen molar-refractivity contribution in [3.8, 4) is 0 Å². The number of carbonyl (C=O) groups is 2. The average molecular weight is 418 g/mol. The first kappa shape index (κ1) is 19.9. The third-order valence-corrected chi connectivity index (χ3v) is 5.34. The molecule has 150 valence electrons. The van der Waals surface area contributed by atoms with Gasteiger partial charge in [0.1, 0.15) is 0 Å². The average Bonchev–Trinajstić information content (AvgIpc) is 3.00. The zero-order valence-corrected chi connectivity index (χ0v) is 17.4. The second kappa shape index (κ2) is 8.13. The highest BCUT2D eigenvalue weighted by atomic mass is 35.5. The third-order valence-electron chi connectivity index (χ3n) is 5.09. The Morgan fingerprint density at radius 1 is 1.07 bits per heavy atom. The second-order valence-corrected chi connectivity index (χ2v) is 7.66. The zero-order chi connectivity index (χ0) is 21.3.